The summed E-state index contributed by atoms with van der Waals surface area (Å²) >= 11 is 0. The van der Waals surface area contributed by atoms with Crippen LogP contribution in [0.4, 0.5) is 0 Å². The lowest BCUT2D eigenvalue weighted by molar-refractivity contribution is 0.0939. The van der Waals surface area contributed by atoms with E-state index >= 15 is 0 Å². The number of benzene rings is 1. The maximum atomic E-state index is 12.4. The molecule has 5 heteroatoms. The summed E-state index contributed by atoms with van der Waals surface area (Å²) < 4.78 is 1.62. The molecular weight excluding hydrogens is 288 g/mol. The standard InChI is InChI=1S/C18H24N4O/c1-4-22-16(12-20-21-22)17(23)19-11-13-9-10-18(2,3)15-8-6-5-7-14(13)15/h5-8,12-13H,4,9-11H2,1-3H3,(H,19,23). The largest absolute Gasteiger partial charge is 0.350 e. The average Bonchev–Trinajstić information content (AvgIpc) is 3.03. The van der Waals surface area contributed by atoms with Crippen LogP contribution < -0.4 is 5.32 Å². The summed E-state index contributed by atoms with van der Waals surface area (Å²) in [5.74, 6) is 0.272. The Balaban J connectivity index is 1.73. The van der Waals surface area contributed by atoms with Gasteiger partial charge < -0.3 is 5.32 Å². The molecule has 0 aliphatic heterocycles. The molecule has 0 bridgehead atoms. The Hall–Kier alpha value is -2.17. The fourth-order valence-corrected chi connectivity index (χ4v) is 3.48. The minimum Gasteiger partial charge on any atom is -0.350 e. The molecule has 1 aromatic heterocycles. The van der Waals surface area contributed by atoms with Gasteiger partial charge in [-0.15, -0.1) is 5.10 Å². The molecule has 3 rings (SSSR count). The monoisotopic (exact) mass is 312 g/mol. The second kappa shape index (κ2) is 6.14. The van der Waals surface area contributed by atoms with E-state index < -0.39 is 0 Å². The lowest BCUT2D eigenvalue weighted by atomic mass is 9.69. The van der Waals surface area contributed by atoms with Gasteiger partial charge >= 0.3 is 0 Å². The quantitative estimate of drug-likeness (QED) is 0.944. The molecule has 1 N–H and O–H groups in total. The molecule has 1 aliphatic rings. The van der Waals surface area contributed by atoms with Crippen molar-refractivity contribution in [3.63, 3.8) is 0 Å². The predicted molar refractivity (Wildman–Crippen MR) is 89.5 cm³/mol. The van der Waals surface area contributed by atoms with E-state index in [1.165, 1.54) is 17.3 Å². The van der Waals surface area contributed by atoms with Crippen LogP contribution in [0.2, 0.25) is 0 Å². The predicted octanol–water partition coefficient (Wildman–Crippen LogP) is 2.88. The van der Waals surface area contributed by atoms with Gasteiger partial charge in [0.25, 0.3) is 5.91 Å². The zero-order valence-corrected chi connectivity index (χ0v) is 14.0. The Morgan fingerprint density at radius 3 is 2.96 bits per heavy atom. The summed E-state index contributed by atoms with van der Waals surface area (Å²) in [6.45, 7) is 7.84. The van der Waals surface area contributed by atoms with Gasteiger partial charge in [-0.05, 0) is 36.3 Å². The van der Waals surface area contributed by atoms with Crippen molar-refractivity contribution in [1.82, 2.24) is 20.3 Å². The zero-order chi connectivity index (χ0) is 16.4. The number of aromatic nitrogens is 3. The number of carbonyl (C=O) groups is 1. The van der Waals surface area contributed by atoms with Crippen molar-refractivity contribution in [1.29, 1.82) is 0 Å². The van der Waals surface area contributed by atoms with Crippen molar-refractivity contribution in [3.8, 4) is 0 Å². The van der Waals surface area contributed by atoms with E-state index in [4.69, 9.17) is 0 Å². The number of nitrogens with zero attached hydrogens (tertiary/aromatic N) is 3. The van der Waals surface area contributed by atoms with Gasteiger partial charge in [0.1, 0.15) is 5.69 Å². The molecule has 1 aromatic carbocycles. The number of nitrogens with one attached hydrogen (secondary N) is 1. The Labute approximate surface area is 137 Å². The molecule has 5 nitrogen and oxygen atoms in total. The highest BCUT2D eigenvalue weighted by molar-refractivity contribution is 5.92. The molecule has 0 radical (unpaired) electrons. The Bertz CT molecular complexity index is 705. The first-order chi connectivity index (χ1) is 11.0. The minimum absolute atomic E-state index is 0.0980. The van der Waals surface area contributed by atoms with Crippen molar-refractivity contribution < 1.29 is 4.79 Å². The Kier molecular flexibility index (Phi) is 4.20. The molecule has 2 aromatic rings. The van der Waals surface area contributed by atoms with E-state index in [0.29, 0.717) is 24.7 Å². The smallest absolute Gasteiger partial charge is 0.271 e. The van der Waals surface area contributed by atoms with Crippen LogP contribution in [-0.2, 0) is 12.0 Å². The second-order valence-corrected chi connectivity index (χ2v) is 6.85. The summed E-state index contributed by atoms with van der Waals surface area (Å²) in [5.41, 5.74) is 3.51. The van der Waals surface area contributed by atoms with E-state index in [1.54, 1.807) is 4.68 Å². The van der Waals surface area contributed by atoms with Crippen molar-refractivity contribution in [3.05, 3.63) is 47.3 Å². The van der Waals surface area contributed by atoms with Gasteiger partial charge in [0, 0.05) is 19.0 Å². The van der Waals surface area contributed by atoms with Gasteiger partial charge in [-0.25, -0.2) is 4.68 Å². The second-order valence-electron chi connectivity index (χ2n) is 6.85. The van der Waals surface area contributed by atoms with Crippen LogP contribution >= 0.6 is 0 Å². The molecule has 23 heavy (non-hydrogen) atoms. The molecular formula is C18H24N4O. The van der Waals surface area contributed by atoms with Crippen LogP contribution in [-0.4, -0.2) is 27.4 Å². The first-order valence-corrected chi connectivity index (χ1v) is 8.29. The molecule has 1 amide bonds. The number of hydrogen-bond donors (Lipinski definition) is 1. The fraction of sp³-hybridized carbons (Fsp3) is 0.500. The molecule has 1 heterocycles. The van der Waals surface area contributed by atoms with Crippen LogP contribution in [0.1, 0.15) is 61.1 Å². The van der Waals surface area contributed by atoms with Crippen molar-refractivity contribution in [2.75, 3.05) is 6.54 Å². The minimum atomic E-state index is -0.0980. The number of aryl methyl sites for hydroxylation is 1. The molecule has 1 unspecified atom stereocenters. The fourth-order valence-electron chi connectivity index (χ4n) is 3.48. The normalized spacial score (nSPS) is 19.2. The summed E-state index contributed by atoms with van der Waals surface area (Å²) in [7, 11) is 0. The lowest BCUT2D eigenvalue weighted by Gasteiger charge is -2.37. The zero-order valence-electron chi connectivity index (χ0n) is 14.0. The van der Waals surface area contributed by atoms with Gasteiger partial charge in [0.15, 0.2) is 0 Å². The molecule has 1 aliphatic carbocycles. The van der Waals surface area contributed by atoms with Gasteiger partial charge in [-0.2, -0.15) is 0 Å². The molecule has 1 atom stereocenters. The van der Waals surface area contributed by atoms with Crippen LogP contribution in [0.25, 0.3) is 0 Å². The number of amides is 1. The summed E-state index contributed by atoms with van der Waals surface area (Å²) in [5, 5.41) is 10.8. The molecule has 122 valence electrons. The van der Waals surface area contributed by atoms with Crippen LogP contribution in [0, 0.1) is 0 Å². The summed E-state index contributed by atoms with van der Waals surface area (Å²) in [6, 6.07) is 8.61. The van der Waals surface area contributed by atoms with E-state index in [-0.39, 0.29) is 11.3 Å². The van der Waals surface area contributed by atoms with Gasteiger partial charge in [-0.1, -0.05) is 43.3 Å². The van der Waals surface area contributed by atoms with Crippen molar-refractivity contribution in [2.24, 2.45) is 0 Å². The van der Waals surface area contributed by atoms with Crippen LogP contribution in [0.15, 0.2) is 30.5 Å². The number of carbonyl (C=O) groups excluding carboxylic acids is 1. The van der Waals surface area contributed by atoms with Crippen molar-refractivity contribution >= 4 is 5.91 Å². The molecule has 0 saturated heterocycles. The number of rotatable bonds is 4. The average molecular weight is 312 g/mol. The molecule has 0 fully saturated rings. The first-order valence-electron chi connectivity index (χ1n) is 8.29. The third-order valence-electron chi connectivity index (χ3n) is 4.91. The topological polar surface area (TPSA) is 59.8 Å². The lowest BCUT2D eigenvalue weighted by Crippen LogP contribution is -2.34. The van der Waals surface area contributed by atoms with E-state index in [9.17, 15) is 4.79 Å². The summed E-state index contributed by atoms with van der Waals surface area (Å²) in [6.07, 6.45) is 3.76. The molecule has 0 spiro atoms. The SMILES string of the molecule is CCn1nncc1C(=O)NCC1CCC(C)(C)c2ccccc21. The summed E-state index contributed by atoms with van der Waals surface area (Å²) in [4.78, 5) is 12.4. The highest BCUT2D eigenvalue weighted by Gasteiger charge is 2.32. The Morgan fingerprint density at radius 1 is 1.39 bits per heavy atom. The maximum Gasteiger partial charge on any atom is 0.271 e. The Morgan fingerprint density at radius 2 is 2.17 bits per heavy atom. The van der Waals surface area contributed by atoms with Crippen molar-refractivity contribution in [2.45, 2.75) is 51.5 Å². The van der Waals surface area contributed by atoms with Crippen LogP contribution in [0.5, 0.6) is 0 Å². The van der Waals surface area contributed by atoms with Crippen LogP contribution in [0.3, 0.4) is 0 Å². The maximum absolute atomic E-state index is 12.4. The van der Waals surface area contributed by atoms with Gasteiger partial charge in [-0.3, -0.25) is 4.79 Å². The number of hydrogen-bond acceptors (Lipinski definition) is 3. The van der Waals surface area contributed by atoms with E-state index in [2.05, 4.69) is 53.7 Å². The van der Waals surface area contributed by atoms with E-state index in [1.807, 2.05) is 6.92 Å². The molecule has 0 saturated carbocycles. The first kappa shape index (κ1) is 15.7. The highest BCUT2D eigenvalue weighted by Crippen LogP contribution is 2.42. The highest BCUT2D eigenvalue weighted by atomic mass is 16.2. The van der Waals surface area contributed by atoms with Gasteiger partial charge in [0.05, 0.1) is 6.20 Å². The third-order valence-corrected chi connectivity index (χ3v) is 4.91. The van der Waals surface area contributed by atoms with E-state index in [0.717, 1.165) is 12.8 Å². The third kappa shape index (κ3) is 3.00. The van der Waals surface area contributed by atoms with Gasteiger partial charge in [0.2, 0.25) is 0 Å². The number of fused-ring (bicyclic) bond motifs is 1.